The van der Waals surface area contributed by atoms with Crippen LogP contribution in [0, 0.1) is 13.8 Å². The summed E-state index contributed by atoms with van der Waals surface area (Å²) in [7, 11) is -1.94. The van der Waals surface area contributed by atoms with E-state index in [-0.39, 0.29) is 4.90 Å². The van der Waals surface area contributed by atoms with Crippen molar-refractivity contribution >= 4 is 15.8 Å². The molecule has 2 aromatic heterocycles. The predicted octanol–water partition coefficient (Wildman–Crippen LogP) is 0.561. The van der Waals surface area contributed by atoms with Crippen LogP contribution in [0.15, 0.2) is 17.2 Å². The molecule has 0 saturated heterocycles. The van der Waals surface area contributed by atoms with E-state index >= 15 is 0 Å². The summed E-state index contributed by atoms with van der Waals surface area (Å²) in [6, 6.07) is 1.66. The number of H-pyrrole nitrogens is 1. The van der Waals surface area contributed by atoms with Crippen molar-refractivity contribution in [3.8, 4) is 0 Å². The van der Waals surface area contributed by atoms with Crippen molar-refractivity contribution in [3.63, 3.8) is 0 Å². The maximum atomic E-state index is 12.0. The van der Waals surface area contributed by atoms with E-state index in [0.29, 0.717) is 11.5 Å². The van der Waals surface area contributed by atoms with Gasteiger partial charge in [0, 0.05) is 13.1 Å². The van der Waals surface area contributed by atoms with Gasteiger partial charge in [-0.3, -0.25) is 14.5 Å². The Morgan fingerprint density at radius 1 is 1.41 bits per heavy atom. The molecular formula is C9H13N5O2S. The van der Waals surface area contributed by atoms with Gasteiger partial charge in [0.15, 0.2) is 0 Å². The summed E-state index contributed by atoms with van der Waals surface area (Å²) < 4.78 is 28.0. The lowest BCUT2D eigenvalue weighted by molar-refractivity contribution is 0.599. The summed E-state index contributed by atoms with van der Waals surface area (Å²) in [5, 5.41) is 10.3. The summed E-state index contributed by atoms with van der Waals surface area (Å²) in [5.74, 6) is 0.420. The Labute approximate surface area is 98.9 Å². The molecule has 0 aliphatic heterocycles. The second kappa shape index (κ2) is 3.88. The first-order valence-corrected chi connectivity index (χ1v) is 6.42. The second-order valence-electron chi connectivity index (χ2n) is 3.76. The fraction of sp³-hybridized carbons (Fsp3) is 0.333. The van der Waals surface area contributed by atoms with E-state index in [2.05, 4.69) is 20.0 Å². The minimum absolute atomic E-state index is 0.136. The van der Waals surface area contributed by atoms with Gasteiger partial charge in [-0.2, -0.15) is 10.2 Å². The minimum Gasteiger partial charge on any atom is -0.281 e. The molecule has 8 heteroatoms. The number of aromatic amines is 1. The number of aryl methyl sites for hydroxylation is 3. The van der Waals surface area contributed by atoms with Crippen LogP contribution in [0.25, 0.3) is 0 Å². The van der Waals surface area contributed by atoms with Crippen molar-refractivity contribution in [1.82, 2.24) is 20.0 Å². The smallest absolute Gasteiger partial charge is 0.266 e. The number of nitrogens with one attached hydrogen (secondary N) is 2. The fourth-order valence-corrected chi connectivity index (χ4v) is 2.73. The van der Waals surface area contributed by atoms with E-state index in [4.69, 9.17) is 0 Å². The van der Waals surface area contributed by atoms with Crippen molar-refractivity contribution < 1.29 is 8.42 Å². The van der Waals surface area contributed by atoms with Crippen LogP contribution in [0.4, 0.5) is 5.82 Å². The normalized spacial score (nSPS) is 11.7. The molecule has 7 nitrogen and oxygen atoms in total. The number of anilines is 1. The van der Waals surface area contributed by atoms with Crippen LogP contribution in [0.3, 0.4) is 0 Å². The molecule has 0 unspecified atom stereocenters. The zero-order valence-corrected chi connectivity index (χ0v) is 10.5. The molecule has 0 atom stereocenters. The SMILES string of the molecule is Cc1cc(NS(=O)(=O)c2cn[nH]c2C)n(C)n1. The molecule has 92 valence electrons. The number of rotatable bonds is 3. The van der Waals surface area contributed by atoms with Gasteiger partial charge in [0.05, 0.1) is 17.6 Å². The predicted molar refractivity (Wildman–Crippen MR) is 62.1 cm³/mol. The molecule has 2 aromatic rings. The Bertz CT molecular complexity index is 640. The van der Waals surface area contributed by atoms with Crippen LogP contribution in [0.1, 0.15) is 11.4 Å². The van der Waals surface area contributed by atoms with Gasteiger partial charge in [0.2, 0.25) is 0 Å². The highest BCUT2D eigenvalue weighted by molar-refractivity contribution is 7.92. The Kier molecular flexibility index (Phi) is 2.66. The first-order chi connectivity index (χ1) is 7.90. The van der Waals surface area contributed by atoms with Crippen LogP contribution in [0.2, 0.25) is 0 Å². The lowest BCUT2D eigenvalue weighted by atomic mass is 10.5. The van der Waals surface area contributed by atoms with Crippen LogP contribution in [0.5, 0.6) is 0 Å². The van der Waals surface area contributed by atoms with E-state index in [1.54, 1.807) is 27.0 Å². The van der Waals surface area contributed by atoms with Crippen LogP contribution >= 0.6 is 0 Å². The van der Waals surface area contributed by atoms with Crippen LogP contribution in [-0.4, -0.2) is 28.4 Å². The summed E-state index contributed by atoms with van der Waals surface area (Å²) in [5.41, 5.74) is 1.24. The molecule has 0 saturated carbocycles. The number of hydrogen-bond donors (Lipinski definition) is 2. The summed E-state index contributed by atoms with van der Waals surface area (Å²) >= 11 is 0. The highest BCUT2D eigenvalue weighted by Gasteiger charge is 2.20. The number of aromatic nitrogens is 4. The topological polar surface area (TPSA) is 92.7 Å². The molecule has 0 radical (unpaired) electrons. The highest BCUT2D eigenvalue weighted by atomic mass is 32.2. The fourth-order valence-electron chi connectivity index (χ4n) is 1.51. The Hall–Kier alpha value is -1.83. The van der Waals surface area contributed by atoms with Gasteiger partial charge in [-0.1, -0.05) is 0 Å². The molecule has 0 aromatic carbocycles. The zero-order valence-electron chi connectivity index (χ0n) is 9.72. The van der Waals surface area contributed by atoms with E-state index in [0.717, 1.165) is 5.69 Å². The van der Waals surface area contributed by atoms with Crippen molar-refractivity contribution in [3.05, 3.63) is 23.7 Å². The monoisotopic (exact) mass is 255 g/mol. The largest absolute Gasteiger partial charge is 0.281 e. The van der Waals surface area contributed by atoms with Crippen molar-refractivity contribution in [2.45, 2.75) is 18.7 Å². The third-order valence-electron chi connectivity index (χ3n) is 2.31. The zero-order chi connectivity index (χ0) is 12.6. The van der Waals surface area contributed by atoms with E-state index in [9.17, 15) is 8.42 Å². The number of hydrogen-bond acceptors (Lipinski definition) is 4. The quantitative estimate of drug-likeness (QED) is 0.838. The lowest BCUT2D eigenvalue weighted by Gasteiger charge is -2.06. The maximum Gasteiger partial charge on any atom is 0.266 e. The third-order valence-corrected chi connectivity index (χ3v) is 3.78. The average molecular weight is 255 g/mol. The Morgan fingerprint density at radius 2 is 2.12 bits per heavy atom. The van der Waals surface area contributed by atoms with Crippen molar-refractivity contribution in [1.29, 1.82) is 0 Å². The van der Waals surface area contributed by atoms with Gasteiger partial charge in [-0.05, 0) is 13.8 Å². The lowest BCUT2D eigenvalue weighted by Crippen LogP contribution is -2.15. The summed E-state index contributed by atoms with van der Waals surface area (Å²) in [6.45, 7) is 3.44. The van der Waals surface area contributed by atoms with Crippen molar-refractivity contribution in [2.75, 3.05) is 4.72 Å². The number of nitrogens with zero attached hydrogens (tertiary/aromatic N) is 3. The van der Waals surface area contributed by atoms with Gasteiger partial charge in [0.25, 0.3) is 10.0 Å². The molecule has 0 amide bonds. The molecular weight excluding hydrogens is 242 g/mol. The molecule has 0 spiro atoms. The third kappa shape index (κ3) is 2.16. The molecule has 0 aliphatic carbocycles. The molecule has 17 heavy (non-hydrogen) atoms. The van der Waals surface area contributed by atoms with E-state index < -0.39 is 10.0 Å². The summed E-state index contributed by atoms with van der Waals surface area (Å²) in [4.78, 5) is 0.136. The molecule has 2 N–H and O–H groups in total. The standard InChI is InChI=1S/C9H13N5O2S/c1-6-4-9(14(3)12-6)13-17(15,16)8-5-10-11-7(8)2/h4-5,13H,1-3H3,(H,10,11). The highest BCUT2D eigenvalue weighted by Crippen LogP contribution is 2.17. The average Bonchev–Trinajstić information content (AvgIpc) is 2.74. The van der Waals surface area contributed by atoms with Gasteiger partial charge in [-0.15, -0.1) is 0 Å². The van der Waals surface area contributed by atoms with Gasteiger partial charge in [-0.25, -0.2) is 8.42 Å². The number of sulfonamides is 1. The molecule has 0 bridgehead atoms. The Morgan fingerprint density at radius 3 is 2.59 bits per heavy atom. The van der Waals surface area contributed by atoms with Crippen LogP contribution in [-0.2, 0) is 17.1 Å². The summed E-state index contributed by atoms with van der Waals surface area (Å²) in [6.07, 6.45) is 1.28. The van der Waals surface area contributed by atoms with Crippen molar-refractivity contribution in [2.24, 2.45) is 7.05 Å². The minimum atomic E-state index is -3.61. The molecule has 0 aliphatic rings. The second-order valence-corrected chi connectivity index (χ2v) is 5.41. The maximum absolute atomic E-state index is 12.0. The van der Waals surface area contributed by atoms with Gasteiger partial charge >= 0.3 is 0 Å². The van der Waals surface area contributed by atoms with Crippen LogP contribution < -0.4 is 4.72 Å². The van der Waals surface area contributed by atoms with E-state index in [1.165, 1.54) is 10.9 Å². The van der Waals surface area contributed by atoms with E-state index in [1.807, 2.05) is 0 Å². The van der Waals surface area contributed by atoms with Gasteiger partial charge < -0.3 is 0 Å². The molecule has 0 fully saturated rings. The Balaban J connectivity index is 2.36. The molecule has 2 rings (SSSR count). The first-order valence-electron chi connectivity index (χ1n) is 4.93. The van der Waals surface area contributed by atoms with Gasteiger partial charge in [0.1, 0.15) is 10.7 Å². The first kappa shape index (κ1) is 11.6. The molecule has 2 heterocycles.